The SMILES string of the molecule is C#Cc1cccc(N(Cc2ccccc2)C(=O)C=Cc2c(C)nn(C)c2Cl)c1. The van der Waals surface area contributed by atoms with E-state index in [4.69, 9.17) is 18.0 Å². The van der Waals surface area contributed by atoms with Gasteiger partial charge in [0.05, 0.1) is 12.2 Å². The lowest BCUT2D eigenvalue weighted by atomic mass is 10.1. The highest BCUT2D eigenvalue weighted by molar-refractivity contribution is 6.31. The van der Waals surface area contributed by atoms with Gasteiger partial charge in [-0.25, -0.2) is 0 Å². The second-order valence-corrected chi connectivity index (χ2v) is 6.71. The molecule has 0 saturated heterocycles. The Hall–Kier alpha value is -3.29. The Balaban J connectivity index is 1.94. The first-order valence-electron chi connectivity index (χ1n) is 8.79. The van der Waals surface area contributed by atoms with Crippen LogP contribution >= 0.6 is 11.6 Å². The summed E-state index contributed by atoms with van der Waals surface area (Å²) in [6.45, 7) is 2.28. The van der Waals surface area contributed by atoms with Gasteiger partial charge in [-0.3, -0.25) is 9.48 Å². The molecule has 1 heterocycles. The van der Waals surface area contributed by atoms with Crippen LogP contribution < -0.4 is 4.90 Å². The first-order chi connectivity index (χ1) is 13.5. The third kappa shape index (κ3) is 4.33. The molecular formula is C23H20ClN3O. The first kappa shape index (κ1) is 19.5. The molecular weight excluding hydrogens is 370 g/mol. The van der Waals surface area contributed by atoms with E-state index in [1.165, 1.54) is 6.08 Å². The Morgan fingerprint density at radius 1 is 1.25 bits per heavy atom. The maximum absolute atomic E-state index is 13.1. The van der Waals surface area contributed by atoms with E-state index in [9.17, 15) is 4.79 Å². The summed E-state index contributed by atoms with van der Waals surface area (Å²) in [6.07, 6.45) is 8.75. The minimum atomic E-state index is -0.169. The summed E-state index contributed by atoms with van der Waals surface area (Å²) in [5.41, 5.74) is 3.97. The van der Waals surface area contributed by atoms with Crippen LogP contribution in [0.1, 0.15) is 22.4 Å². The molecule has 1 amide bonds. The zero-order valence-corrected chi connectivity index (χ0v) is 16.5. The van der Waals surface area contributed by atoms with Crippen LogP contribution in [0.15, 0.2) is 60.7 Å². The first-order valence-corrected chi connectivity index (χ1v) is 9.16. The van der Waals surface area contributed by atoms with Crippen LogP contribution in [-0.4, -0.2) is 15.7 Å². The van der Waals surface area contributed by atoms with E-state index < -0.39 is 0 Å². The van der Waals surface area contributed by atoms with Gasteiger partial charge in [0.2, 0.25) is 0 Å². The van der Waals surface area contributed by atoms with Crippen molar-refractivity contribution in [3.05, 3.63) is 88.2 Å². The van der Waals surface area contributed by atoms with Crippen molar-refractivity contribution in [2.75, 3.05) is 4.90 Å². The highest BCUT2D eigenvalue weighted by Gasteiger charge is 2.15. The van der Waals surface area contributed by atoms with Gasteiger partial charge in [-0.1, -0.05) is 53.9 Å². The van der Waals surface area contributed by atoms with Gasteiger partial charge in [-0.2, -0.15) is 5.10 Å². The molecule has 0 atom stereocenters. The second-order valence-electron chi connectivity index (χ2n) is 6.35. The minimum absolute atomic E-state index is 0.169. The number of nitrogens with zero attached hydrogens (tertiary/aromatic N) is 3. The lowest BCUT2D eigenvalue weighted by molar-refractivity contribution is -0.114. The van der Waals surface area contributed by atoms with Crippen LogP contribution in [0.5, 0.6) is 0 Å². The van der Waals surface area contributed by atoms with Crippen molar-refractivity contribution in [2.24, 2.45) is 7.05 Å². The Kier molecular flexibility index (Phi) is 5.98. The molecule has 2 aromatic carbocycles. The lowest BCUT2D eigenvalue weighted by Crippen LogP contribution is -2.28. The molecule has 0 radical (unpaired) electrons. The van der Waals surface area contributed by atoms with Crippen molar-refractivity contribution in [3.8, 4) is 12.3 Å². The van der Waals surface area contributed by atoms with Gasteiger partial charge in [0, 0.05) is 29.9 Å². The molecule has 0 fully saturated rings. The fraction of sp³-hybridized carbons (Fsp3) is 0.130. The van der Waals surface area contributed by atoms with E-state index in [1.54, 1.807) is 22.7 Å². The normalized spacial score (nSPS) is 10.8. The Morgan fingerprint density at radius 3 is 2.64 bits per heavy atom. The lowest BCUT2D eigenvalue weighted by Gasteiger charge is -2.22. The Bertz CT molecular complexity index is 1060. The van der Waals surface area contributed by atoms with Gasteiger partial charge in [0.15, 0.2) is 0 Å². The van der Waals surface area contributed by atoms with Gasteiger partial charge < -0.3 is 4.90 Å². The van der Waals surface area contributed by atoms with Crippen molar-refractivity contribution in [1.82, 2.24) is 9.78 Å². The highest BCUT2D eigenvalue weighted by atomic mass is 35.5. The zero-order chi connectivity index (χ0) is 20.1. The van der Waals surface area contributed by atoms with Crippen LogP contribution in [0, 0.1) is 19.3 Å². The van der Waals surface area contributed by atoms with Crippen LogP contribution in [0.3, 0.4) is 0 Å². The van der Waals surface area contributed by atoms with Crippen LogP contribution in [-0.2, 0) is 18.4 Å². The van der Waals surface area contributed by atoms with Gasteiger partial charge in [-0.05, 0) is 36.8 Å². The summed E-state index contributed by atoms with van der Waals surface area (Å²) in [4.78, 5) is 14.8. The summed E-state index contributed by atoms with van der Waals surface area (Å²) >= 11 is 6.27. The monoisotopic (exact) mass is 389 g/mol. The summed E-state index contributed by atoms with van der Waals surface area (Å²) in [6, 6.07) is 17.2. The fourth-order valence-electron chi connectivity index (χ4n) is 2.91. The number of carbonyl (C=O) groups is 1. The quantitative estimate of drug-likeness (QED) is 0.472. The number of terminal acetylenes is 1. The van der Waals surface area contributed by atoms with E-state index in [2.05, 4.69) is 11.0 Å². The number of hydrogen-bond acceptors (Lipinski definition) is 2. The molecule has 0 spiro atoms. The molecule has 0 aliphatic heterocycles. The maximum atomic E-state index is 13.1. The topological polar surface area (TPSA) is 38.1 Å². The van der Waals surface area contributed by atoms with E-state index in [1.807, 2.05) is 61.5 Å². The van der Waals surface area contributed by atoms with Crippen LogP contribution in [0.25, 0.3) is 6.08 Å². The molecule has 3 aromatic rings. The standard InChI is InChI=1S/C23H20ClN3O/c1-4-18-11-8-12-20(15-18)27(16-19-9-6-5-7-10-19)22(28)14-13-21-17(2)25-26(3)23(21)24/h1,5-15H,16H2,2-3H3. The molecule has 0 bridgehead atoms. The van der Waals surface area contributed by atoms with E-state index >= 15 is 0 Å². The molecule has 1 aromatic heterocycles. The van der Waals surface area contributed by atoms with Crippen molar-refractivity contribution < 1.29 is 4.79 Å². The van der Waals surface area contributed by atoms with Gasteiger partial charge >= 0.3 is 0 Å². The molecule has 0 saturated carbocycles. The summed E-state index contributed by atoms with van der Waals surface area (Å²) in [5.74, 6) is 2.45. The third-order valence-electron chi connectivity index (χ3n) is 4.36. The Morgan fingerprint density at radius 2 is 2.00 bits per heavy atom. The number of aromatic nitrogens is 2. The van der Waals surface area contributed by atoms with Crippen LogP contribution in [0.2, 0.25) is 5.15 Å². The third-order valence-corrected chi connectivity index (χ3v) is 4.81. The van der Waals surface area contributed by atoms with Gasteiger partial charge in [0.25, 0.3) is 5.91 Å². The van der Waals surface area contributed by atoms with Crippen LogP contribution in [0.4, 0.5) is 5.69 Å². The van der Waals surface area contributed by atoms with E-state index in [-0.39, 0.29) is 5.91 Å². The molecule has 28 heavy (non-hydrogen) atoms. The largest absolute Gasteiger partial charge is 0.304 e. The number of hydrogen-bond donors (Lipinski definition) is 0. The maximum Gasteiger partial charge on any atom is 0.251 e. The Labute approximate surface area is 170 Å². The number of amides is 1. The number of aryl methyl sites for hydroxylation is 2. The smallest absolute Gasteiger partial charge is 0.251 e. The van der Waals surface area contributed by atoms with Crippen molar-refractivity contribution in [1.29, 1.82) is 0 Å². The molecule has 140 valence electrons. The van der Waals surface area contributed by atoms with E-state index in [0.717, 1.165) is 28.1 Å². The molecule has 0 aliphatic carbocycles. The van der Waals surface area contributed by atoms with Crippen molar-refractivity contribution in [2.45, 2.75) is 13.5 Å². The van der Waals surface area contributed by atoms with Crippen molar-refractivity contribution in [3.63, 3.8) is 0 Å². The van der Waals surface area contributed by atoms with Gasteiger partial charge in [-0.15, -0.1) is 6.42 Å². The zero-order valence-electron chi connectivity index (χ0n) is 15.8. The summed E-state index contributed by atoms with van der Waals surface area (Å²) in [5, 5.41) is 4.76. The fourth-order valence-corrected chi connectivity index (χ4v) is 3.14. The summed E-state index contributed by atoms with van der Waals surface area (Å²) in [7, 11) is 1.77. The predicted molar refractivity (Wildman–Crippen MR) is 114 cm³/mol. The minimum Gasteiger partial charge on any atom is -0.304 e. The molecule has 3 rings (SSSR count). The predicted octanol–water partition coefficient (Wildman–Crippen LogP) is 4.61. The van der Waals surface area contributed by atoms with Crippen molar-refractivity contribution >= 4 is 29.3 Å². The second kappa shape index (κ2) is 8.60. The number of anilines is 1. The average molecular weight is 390 g/mol. The number of halogens is 1. The number of rotatable bonds is 5. The highest BCUT2D eigenvalue weighted by Crippen LogP contribution is 2.22. The molecule has 0 aliphatic rings. The molecule has 4 nitrogen and oxygen atoms in total. The number of carbonyl (C=O) groups excluding carboxylic acids is 1. The average Bonchev–Trinajstić information content (AvgIpc) is 2.96. The van der Waals surface area contributed by atoms with Gasteiger partial charge in [0.1, 0.15) is 5.15 Å². The molecule has 0 unspecified atom stereocenters. The molecule has 0 N–H and O–H groups in total. The molecule has 5 heteroatoms. The number of benzene rings is 2. The van der Waals surface area contributed by atoms with E-state index in [0.29, 0.717) is 11.7 Å². The summed E-state index contributed by atoms with van der Waals surface area (Å²) < 4.78 is 1.58.